The van der Waals surface area contributed by atoms with Gasteiger partial charge >= 0.3 is 0 Å². The molecule has 0 atom stereocenters. The second kappa shape index (κ2) is 3.13. The molecule has 48 valence electrons. The molecule has 9 heavy (non-hydrogen) atoms. The third-order valence-electron chi connectivity index (χ3n) is 1.09. The van der Waals surface area contributed by atoms with Gasteiger partial charge < -0.3 is 4.42 Å². The van der Waals surface area contributed by atoms with E-state index in [1.54, 1.807) is 12.5 Å². The zero-order valence-electron chi connectivity index (χ0n) is 5.50. The van der Waals surface area contributed by atoms with Gasteiger partial charge in [0, 0.05) is 5.56 Å². The van der Waals surface area contributed by atoms with E-state index in [0.717, 1.165) is 12.0 Å². The van der Waals surface area contributed by atoms with E-state index in [1.165, 1.54) is 0 Å². The van der Waals surface area contributed by atoms with Crippen LogP contribution in [-0.2, 0) is 0 Å². The van der Waals surface area contributed by atoms with Crippen LogP contribution in [0.3, 0.4) is 0 Å². The largest absolute Gasteiger partial charge is 0.472 e. The maximum Gasteiger partial charge on any atom is 0.0974 e. The Morgan fingerprint density at radius 2 is 2.56 bits per heavy atom. The van der Waals surface area contributed by atoms with E-state index in [9.17, 15) is 0 Å². The molecule has 0 bridgehead atoms. The molecule has 0 unspecified atom stereocenters. The first-order valence-corrected chi connectivity index (χ1v) is 3.12. The number of hydrogen-bond donors (Lipinski definition) is 0. The Kier molecular flexibility index (Phi) is 2.13. The fourth-order valence-electron chi connectivity index (χ4n) is 0.624. The lowest BCUT2D eigenvalue weighted by molar-refractivity contribution is 0.567. The summed E-state index contributed by atoms with van der Waals surface area (Å²) in [5.41, 5.74) is 1.14. The summed E-state index contributed by atoms with van der Waals surface area (Å²) in [4.78, 5) is 0. The number of furan rings is 1. The average molecular weight is 122 g/mol. The molecule has 0 aliphatic heterocycles. The van der Waals surface area contributed by atoms with Crippen molar-refractivity contribution in [2.75, 3.05) is 0 Å². The molecule has 0 spiro atoms. The van der Waals surface area contributed by atoms with Gasteiger partial charge in [0.15, 0.2) is 0 Å². The third-order valence-corrected chi connectivity index (χ3v) is 1.09. The van der Waals surface area contributed by atoms with E-state index in [0.29, 0.717) is 0 Å². The predicted octanol–water partition coefficient (Wildman–Crippen LogP) is 2.70. The Bertz CT molecular complexity index is 172. The molecule has 0 saturated heterocycles. The van der Waals surface area contributed by atoms with Crippen molar-refractivity contribution < 1.29 is 4.42 Å². The summed E-state index contributed by atoms with van der Waals surface area (Å²) < 4.78 is 4.86. The average Bonchev–Trinajstić information content (AvgIpc) is 2.34. The zero-order valence-corrected chi connectivity index (χ0v) is 5.50. The van der Waals surface area contributed by atoms with E-state index >= 15 is 0 Å². The van der Waals surface area contributed by atoms with Gasteiger partial charge in [-0.05, 0) is 12.5 Å². The van der Waals surface area contributed by atoms with Crippen LogP contribution in [0.1, 0.15) is 18.9 Å². The molecular weight excluding hydrogens is 112 g/mol. The minimum atomic E-state index is 1.07. The first kappa shape index (κ1) is 6.14. The van der Waals surface area contributed by atoms with Crippen LogP contribution in [0.4, 0.5) is 0 Å². The van der Waals surface area contributed by atoms with Crippen LogP contribution in [-0.4, -0.2) is 0 Å². The first-order chi connectivity index (χ1) is 4.43. The van der Waals surface area contributed by atoms with Crippen LogP contribution in [0.5, 0.6) is 0 Å². The quantitative estimate of drug-likeness (QED) is 0.587. The Hall–Kier alpha value is -0.980. The van der Waals surface area contributed by atoms with Crippen molar-refractivity contribution in [3.05, 3.63) is 30.2 Å². The van der Waals surface area contributed by atoms with Crippen molar-refractivity contribution in [3.63, 3.8) is 0 Å². The topological polar surface area (TPSA) is 13.1 Å². The fourth-order valence-corrected chi connectivity index (χ4v) is 0.624. The second-order valence-corrected chi connectivity index (χ2v) is 1.87. The van der Waals surface area contributed by atoms with Crippen molar-refractivity contribution in [1.82, 2.24) is 0 Å². The summed E-state index contributed by atoms with van der Waals surface area (Å²) in [6.07, 6.45) is 8.63. The lowest BCUT2D eigenvalue weighted by Gasteiger charge is -1.77. The summed E-state index contributed by atoms with van der Waals surface area (Å²) in [5.74, 6) is 0. The molecule has 0 aromatic carbocycles. The van der Waals surface area contributed by atoms with E-state index in [4.69, 9.17) is 4.42 Å². The zero-order chi connectivity index (χ0) is 6.53. The summed E-state index contributed by atoms with van der Waals surface area (Å²) in [5, 5.41) is 0. The third kappa shape index (κ3) is 1.76. The van der Waals surface area contributed by atoms with Crippen molar-refractivity contribution in [1.29, 1.82) is 0 Å². The Labute approximate surface area is 55.0 Å². The highest BCUT2D eigenvalue weighted by Crippen LogP contribution is 2.02. The Morgan fingerprint density at radius 3 is 3.11 bits per heavy atom. The van der Waals surface area contributed by atoms with Gasteiger partial charge in [-0.25, -0.2) is 0 Å². The first-order valence-electron chi connectivity index (χ1n) is 3.12. The van der Waals surface area contributed by atoms with Crippen molar-refractivity contribution in [2.24, 2.45) is 0 Å². The van der Waals surface area contributed by atoms with Crippen LogP contribution in [0.2, 0.25) is 0 Å². The fraction of sp³-hybridized carbons (Fsp3) is 0.250. The highest BCUT2D eigenvalue weighted by atomic mass is 16.3. The molecule has 1 heterocycles. The highest BCUT2D eigenvalue weighted by molar-refractivity contribution is 5.46. The van der Waals surface area contributed by atoms with Gasteiger partial charge in [-0.15, -0.1) is 0 Å². The second-order valence-electron chi connectivity index (χ2n) is 1.87. The molecule has 0 aliphatic carbocycles. The van der Waals surface area contributed by atoms with E-state index in [-0.39, 0.29) is 0 Å². The number of rotatable bonds is 2. The molecule has 0 radical (unpaired) electrons. The van der Waals surface area contributed by atoms with Crippen LogP contribution in [0, 0.1) is 0 Å². The standard InChI is InChI=1S/C8H10O/c1-2-3-4-8-5-6-9-7-8/h3-7H,2H2,1H3. The Morgan fingerprint density at radius 1 is 1.67 bits per heavy atom. The predicted molar refractivity (Wildman–Crippen MR) is 38.0 cm³/mol. The summed E-state index contributed by atoms with van der Waals surface area (Å²) in [6, 6.07) is 1.94. The van der Waals surface area contributed by atoms with Gasteiger partial charge in [0.2, 0.25) is 0 Å². The van der Waals surface area contributed by atoms with Crippen LogP contribution in [0.15, 0.2) is 29.1 Å². The molecule has 1 aromatic heterocycles. The molecular formula is C8H10O. The van der Waals surface area contributed by atoms with E-state index < -0.39 is 0 Å². The van der Waals surface area contributed by atoms with Gasteiger partial charge in [-0.3, -0.25) is 0 Å². The molecule has 1 aromatic rings. The molecule has 1 heteroatoms. The molecule has 0 fully saturated rings. The number of allylic oxidation sites excluding steroid dienone is 1. The van der Waals surface area contributed by atoms with Crippen molar-refractivity contribution >= 4 is 6.08 Å². The number of hydrogen-bond acceptors (Lipinski definition) is 1. The maximum atomic E-state index is 4.86. The van der Waals surface area contributed by atoms with E-state index in [1.807, 2.05) is 12.1 Å². The van der Waals surface area contributed by atoms with Gasteiger partial charge in [0.1, 0.15) is 0 Å². The van der Waals surface area contributed by atoms with Gasteiger partial charge in [-0.1, -0.05) is 19.1 Å². The van der Waals surface area contributed by atoms with Crippen molar-refractivity contribution in [3.8, 4) is 0 Å². The minimum absolute atomic E-state index is 1.07. The van der Waals surface area contributed by atoms with Crippen LogP contribution >= 0.6 is 0 Å². The summed E-state index contributed by atoms with van der Waals surface area (Å²) in [6.45, 7) is 2.11. The smallest absolute Gasteiger partial charge is 0.0974 e. The molecule has 1 rings (SSSR count). The van der Waals surface area contributed by atoms with Gasteiger partial charge in [0.25, 0.3) is 0 Å². The molecule has 1 nitrogen and oxygen atoms in total. The lowest BCUT2D eigenvalue weighted by atomic mass is 10.3. The minimum Gasteiger partial charge on any atom is -0.472 e. The highest BCUT2D eigenvalue weighted by Gasteiger charge is 1.82. The SMILES string of the molecule is CCC=Cc1ccoc1. The lowest BCUT2D eigenvalue weighted by Crippen LogP contribution is -1.57. The maximum absolute atomic E-state index is 4.86. The Balaban J connectivity index is 2.57. The monoisotopic (exact) mass is 122 g/mol. The van der Waals surface area contributed by atoms with Crippen molar-refractivity contribution in [2.45, 2.75) is 13.3 Å². The molecule has 0 aliphatic rings. The molecule has 0 saturated carbocycles. The van der Waals surface area contributed by atoms with Crippen LogP contribution < -0.4 is 0 Å². The summed E-state index contributed by atoms with van der Waals surface area (Å²) >= 11 is 0. The molecule has 0 amide bonds. The van der Waals surface area contributed by atoms with Gasteiger partial charge in [0.05, 0.1) is 12.5 Å². The normalized spacial score (nSPS) is 10.8. The van der Waals surface area contributed by atoms with Gasteiger partial charge in [-0.2, -0.15) is 0 Å². The molecule has 0 N–H and O–H groups in total. The summed E-state index contributed by atoms with van der Waals surface area (Å²) in [7, 11) is 0. The van der Waals surface area contributed by atoms with E-state index in [2.05, 4.69) is 13.0 Å². The van der Waals surface area contributed by atoms with Crippen LogP contribution in [0.25, 0.3) is 6.08 Å².